The highest BCUT2D eigenvalue weighted by atomic mass is 16.5. The van der Waals surface area contributed by atoms with Crippen LogP contribution in [0, 0.1) is 23.7 Å². The van der Waals surface area contributed by atoms with Gasteiger partial charge in [-0.3, -0.25) is 4.79 Å². The quantitative estimate of drug-likeness (QED) is 0.184. The zero-order chi connectivity index (χ0) is 24.7. The van der Waals surface area contributed by atoms with Crippen LogP contribution in [0.5, 0.6) is 11.6 Å². The Morgan fingerprint density at radius 1 is 0.800 bits per heavy atom. The number of hydrogen-bond acceptors (Lipinski definition) is 4. The molecule has 0 spiro atoms. The number of rotatable bonds is 15. The number of aromatic nitrogens is 1. The van der Waals surface area contributed by atoms with E-state index in [0.717, 1.165) is 37.0 Å². The number of ether oxygens (including phenoxy) is 2. The van der Waals surface area contributed by atoms with E-state index in [0.29, 0.717) is 18.2 Å². The van der Waals surface area contributed by atoms with Crippen molar-refractivity contribution < 1.29 is 14.3 Å². The maximum atomic E-state index is 12.7. The molecule has 1 aromatic heterocycles. The van der Waals surface area contributed by atoms with Crippen molar-refractivity contribution in [2.75, 3.05) is 6.61 Å². The third kappa shape index (κ3) is 10.1. The van der Waals surface area contributed by atoms with Crippen LogP contribution in [0.3, 0.4) is 0 Å². The van der Waals surface area contributed by atoms with Gasteiger partial charge in [0.25, 0.3) is 0 Å². The Morgan fingerprint density at radius 2 is 1.43 bits per heavy atom. The molecule has 0 saturated heterocycles. The zero-order valence-corrected chi connectivity index (χ0v) is 22.6. The Morgan fingerprint density at radius 3 is 2.06 bits per heavy atom. The molecule has 198 valence electrons. The minimum Gasteiger partial charge on any atom is -0.478 e. The number of unbranched alkanes of at least 4 members (excludes halogenated alkanes) is 7. The van der Waals surface area contributed by atoms with Crippen molar-refractivity contribution in [3.8, 4) is 11.6 Å². The fourth-order valence-corrected chi connectivity index (χ4v) is 6.23. The Balaban J connectivity index is 1.29. The van der Waals surface area contributed by atoms with Gasteiger partial charge in [0.1, 0.15) is 5.75 Å². The second kappa shape index (κ2) is 16.2. The number of carbonyl (C=O) groups excluding carboxylic acids is 1. The van der Waals surface area contributed by atoms with Crippen molar-refractivity contribution in [1.82, 2.24) is 4.98 Å². The van der Waals surface area contributed by atoms with Crippen molar-refractivity contribution in [2.45, 2.75) is 129 Å². The highest BCUT2D eigenvalue weighted by Crippen LogP contribution is 2.42. The molecule has 2 aliphatic carbocycles. The van der Waals surface area contributed by atoms with Crippen LogP contribution in [0.1, 0.15) is 129 Å². The number of pyridine rings is 1. The van der Waals surface area contributed by atoms with Crippen LogP contribution in [0.4, 0.5) is 0 Å². The second-order valence-corrected chi connectivity index (χ2v) is 11.3. The van der Waals surface area contributed by atoms with Gasteiger partial charge in [0, 0.05) is 6.07 Å². The van der Waals surface area contributed by atoms with Crippen LogP contribution in [0.2, 0.25) is 0 Å². The first kappa shape index (κ1) is 28.0. The monoisotopic (exact) mass is 485 g/mol. The molecule has 0 unspecified atom stereocenters. The maximum Gasteiger partial charge on any atom is 0.314 e. The number of carbonyl (C=O) groups is 1. The van der Waals surface area contributed by atoms with E-state index in [9.17, 15) is 4.79 Å². The molecule has 4 heteroatoms. The zero-order valence-electron chi connectivity index (χ0n) is 22.6. The van der Waals surface area contributed by atoms with E-state index >= 15 is 0 Å². The third-order valence-corrected chi connectivity index (χ3v) is 8.55. The first-order chi connectivity index (χ1) is 17.2. The standard InChI is InChI=1S/C31H51NO3/c1-3-5-7-9-10-12-25-13-15-26(16-14-25)27-17-19-28(20-18-27)31(33)35-29-21-22-30(32-24-29)34-23-11-8-6-4-2/h21-22,24-28H,3-20,23H2,1-2H3/t25-,26-,27-,28-. The summed E-state index contributed by atoms with van der Waals surface area (Å²) in [5, 5.41) is 0. The molecule has 2 saturated carbocycles. The smallest absolute Gasteiger partial charge is 0.314 e. The van der Waals surface area contributed by atoms with Gasteiger partial charge in [0.2, 0.25) is 5.88 Å². The number of hydrogen-bond donors (Lipinski definition) is 0. The first-order valence-electron chi connectivity index (χ1n) is 15.0. The van der Waals surface area contributed by atoms with E-state index in [1.165, 1.54) is 96.3 Å². The average Bonchev–Trinajstić information content (AvgIpc) is 2.90. The lowest BCUT2D eigenvalue weighted by Gasteiger charge is -2.37. The van der Waals surface area contributed by atoms with Gasteiger partial charge in [0.15, 0.2) is 0 Å². The lowest BCUT2D eigenvalue weighted by molar-refractivity contribution is -0.140. The summed E-state index contributed by atoms with van der Waals surface area (Å²) in [5.74, 6) is 3.79. The van der Waals surface area contributed by atoms with Gasteiger partial charge in [-0.25, -0.2) is 4.98 Å². The Kier molecular flexibility index (Phi) is 13.0. The molecule has 0 N–H and O–H groups in total. The average molecular weight is 486 g/mol. The normalized spacial score (nSPS) is 24.7. The molecule has 0 amide bonds. The van der Waals surface area contributed by atoms with Crippen molar-refractivity contribution in [3.63, 3.8) is 0 Å². The molecule has 0 radical (unpaired) electrons. The lowest BCUT2D eigenvalue weighted by atomic mass is 9.68. The highest BCUT2D eigenvalue weighted by Gasteiger charge is 2.33. The molecular weight excluding hydrogens is 434 g/mol. The molecule has 2 fully saturated rings. The predicted octanol–water partition coefficient (Wildman–Crippen LogP) is 8.92. The molecule has 0 aromatic carbocycles. The molecule has 4 nitrogen and oxygen atoms in total. The first-order valence-corrected chi connectivity index (χ1v) is 15.0. The Hall–Kier alpha value is -1.58. The van der Waals surface area contributed by atoms with Crippen LogP contribution < -0.4 is 9.47 Å². The van der Waals surface area contributed by atoms with E-state index < -0.39 is 0 Å². The SMILES string of the molecule is CCCCCCC[C@H]1CC[C@H]([C@H]2CC[C@H](C(=O)Oc3ccc(OCCCCCC)nc3)CC2)CC1. The fourth-order valence-electron chi connectivity index (χ4n) is 6.23. The summed E-state index contributed by atoms with van der Waals surface area (Å²) in [6.07, 6.45) is 24.9. The molecular formula is C31H51NO3. The van der Waals surface area contributed by atoms with Crippen LogP contribution in [0.25, 0.3) is 0 Å². The number of nitrogens with zero attached hydrogens (tertiary/aromatic N) is 1. The van der Waals surface area contributed by atoms with E-state index in [2.05, 4.69) is 18.8 Å². The molecule has 35 heavy (non-hydrogen) atoms. The van der Waals surface area contributed by atoms with E-state index in [-0.39, 0.29) is 11.9 Å². The fraction of sp³-hybridized carbons (Fsp3) is 0.806. The molecule has 2 aliphatic rings. The minimum absolute atomic E-state index is 0.0419. The summed E-state index contributed by atoms with van der Waals surface area (Å²) < 4.78 is 11.4. The van der Waals surface area contributed by atoms with Gasteiger partial charge < -0.3 is 9.47 Å². The lowest BCUT2D eigenvalue weighted by Crippen LogP contribution is -2.30. The van der Waals surface area contributed by atoms with Crippen LogP contribution in [-0.4, -0.2) is 17.6 Å². The molecule has 1 heterocycles. The van der Waals surface area contributed by atoms with Crippen molar-refractivity contribution in [2.24, 2.45) is 23.7 Å². The molecule has 0 bridgehead atoms. The van der Waals surface area contributed by atoms with E-state index in [4.69, 9.17) is 9.47 Å². The third-order valence-electron chi connectivity index (χ3n) is 8.55. The maximum absolute atomic E-state index is 12.7. The molecule has 1 aromatic rings. The summed E-state index contributed by atoms with van der Waals surface area (Å²) in [7, 11) is 0. The molecule has 0 atom stereocenters. The number of esters is 1. The van der Waals surface area contributed by atoms with Crippen molar-refractivity contribution in [1.29, 1.82) is 0 Å². The summed E-state index contributed by atoms with van der Waals surface area (Å²) in [5.41, 5.74) is 0. The van der Waals surface area contributed by atoms with Gasteiger partial charge in [-0.05, 0) is 68.8 Å². The topological polar surface area (TPSA) is 48.4 Å². The largest absolute Gasteiger partial charge is 0.478 e. The van der Waals surface area contributed by atoms with Crippen LogP contribution >= 0.6 is 0 Å². The summed E-state index contributed by atoms with van der Waals surface area (Å²) in [6, 6.07) is 3.61. The molecule has 0 aliphatic heterocycles. The van der Waals surface area contributed by atoms with Gasteiger partial charge in [-0.15, -0.1) is 0 Å². The van der Waals surface area contributed by atoms with Gasteiger partial charge in [0.05, 0.1) is 18.7 Å². The van der Waals surface area contributed by atoms with Gasteiger partial charge >= 0.3 is 5.97 Å². The highest BCUT2D eigenvalue weighted by molar-refractivity contribution is 5.75. The van der Waals surface area contributed by atoms with Gasteiger partial charge in [-0.2, -0.15) is 0 Å². The second-order valence-electron chi connectivity index (χ2n) is 11.3. The van der Waals surface area contributed by atoms with E-state index in [1.54, 1.807) is 18.3 Å². The molecule has 3 rings (SSSR count). The summed E-state index contributed by atoms with van der Waals surface area (Å²) >= 11 is 0. The minimum atomic E-state index is -0.0785. The summed E-state index contributed by atoms with van der Waals surface area (Å²) in [6.45, 7) is 5.19. The van der Waals surface area contributed by atoms with Crippen molar-refractivity contribution >= 4 is 5.97 Å². The Bertz CT molecular complexity index is 688. The van der Waals surface area contributed by atoms with Crippen LogP contribution in [0.15, 0.2) is 18.3 Å². The predicted molar refractivity (Wildman–Crippen MR) is 144 cm³/mol. The van der Waals surface area contributed by atoms with E-state index in [1.807, 2.05) is 0 Å². The van der Waals surface area contributed by atoms with Crippen LogP contribution in [-0.2, 0) is 4.79 Å². The van der Waals surface area contributed by atoms with Crippen molar-refractivity contribution in [3.05, 3.63) is 18.3 Å². The van der Waals surface area contributed by atoms with Gasteiger partial charge in [-0.1, -0.05) is 84.5 Å². The Labute approximate surface area is 215 Å². The summed E-state index contributed by atoms with van der Waals surface area (Å²) in [4.78, 5) is 17.0.